The smallest absolute Gasteiger partial charge is 0.0349 e. The van der Waals surface area contributed by atoms with Crippen molar-refractivity contribution in [3.8, 4) is 12.3 Å². The largest absolute Gasteiger partial charge is 0.115 e. The Hall–Kier alpha value is -1.48. The first kappa shape index (κ1) is 9.61. The molecule has 0 atom stereocenters. The highest BCUT2D eigenvalue weighted by molar-refractivity contribution is 5.69. The molecular formula is C13H14. The predicted octanol–water partition coefficient (Wildman–Crippen LogP) is 3.26. The van der Waals surface area contributed by atoms with Gasteiger partial charge in [0.25, 0.3) is 0 Å². The lowest BCUT2D eigenvalue weighted by atomic mass is 9.96. The van der Waals surface area contributed by atoms with Crippen molar-refractivity contribution in [1.82, 2.24) is 0 Å². The summed E-state index contributed by atoms with van der Waals surface area (Å²) in [6.45, 7) is 8.01. The predicted molar refractivity (Wildman–Crippen MR) is 58.5 cm³/mol. The molecular weight excluding hydrogens is 156 g/mol. The molecule has 0 unspecified atom stereocenters. The standard InChI is InChI=1S/C13H14/c1-5-11-8-7-9-13(10(3)4)12(11)6-2/h2,7-9H,3,5H2,1,4H3. The Labute approximate surface area is 80.3 Å². The lowest BCUT2D eigenvalue weighted by molar-refractivity contribution is 1.13. The van der Waals surface area contributed by atoms with Crippen LogP contribution < -0.4 is 0 Å². The Bertz CT molecular complexity index is 364. The summed E-state index contributed by atoms with van der Waals surface area (Å²) in [5.41, 5.74) is 4.35. The maximum Gasteiger partial charge on any atom is 0.0349 e. The zero-order valence-corrected chi connectivity index (χ0v) is 8.22. The van der Waals surface area contributed by atoms with Gasteiger partial charge >= 0.3 is 0 Å². The molecule has 0 radical (unpaired) electrons. The Balaban J connectivity index is 3.38. The molecule has 0 aliphatic heterocycles. The van der Waals surface area contributed by atoms with Crippen LogP contribution in [0, 0.1) is 12.3 Å². The van der Waals surface area contributed by atoms with Crippen molar-refractivity contribution >= 4 is 5.57 Å². The molecule has 0 heteroatoms. The minimum atomic E-state index is 0.973. The molecule has 0 spiro atoms. The van der Waals surface area contributed by atoms with E-state index in [-0.39, 0.29) is 0 Å². The van der Waals surface area contributed by atoms with E-state index in [1.54, 1.807) is 0 Å². The minimum absolute atomic E-state index is 0.973. The summed E-state index contributed by atoms with van der Waals surface area (Å²) < 4.78 is 0. The molecule has 1 aromatic carbocycles. The third-order valence-electron chi connectivity index (χ3n) is 2.14. The second kappa shape index (κ2) is 3.96. The van der Waals surface area contributed by atoms with Gasteiger partial charge in [-0.1, -0.05) is 37.6 Å². The van der Waals surface area contributed by atoms with Crippen molar-refractivity contribution in [2.24, 2.45) is 0 Å². The van der Waals surface area contributed by atoms with Crippen LogP contribution in [0.15, 0.2) is 24.8 Å². The van der Waals surface area contributed by atoms with Crippen molar-refractivity contribution in [3.63, 3.8) is 0 Å². The second-order valence-electron chi connectivity index (χ2n) is 3.12. The maximum atomic E-state index is 5.47. The molecule has 66 valence electrons. The van der Waals surface area contributed by atoms with Gasteiger partial charge in [0.15, 0.2) is 0 Å². The number of rotatable bonds is 2. The number of hydrogen-bond acceptors (Lipinski definition) is 0. The Morgan fingerprint density at radius 1 is 1.54 bits per heavy atom. The Morgan fingerprint density at radius 2 is 2.23 bits per heavy atom. The molecule has 0 fully saturated rings. The summed E-state index contributed by atoms with van der Waals surface area (Å²) in [6.07, 6.45) is 6.45. The van der Waals surface area contributed by atoms with Crippen LogP contribution in [0.1, 0.15) is 30.5 Å². The maximum absolute atomic E-state index is 5.47. The van der Waals surface area contributed by atoms with Crippen LogP contribution in [0.25, 0.3) is 5.57 Å². The average Bonchev–Trinajstić information content (AvgIpc) is 2.16. The third kappa shape index (κ3) is 1.81. The highest BCUT2D eigenvalue weighted by Gasteiger charge is 2.04. The van der Waals surface area contributed by atoms with Crippen LogP contribution in [0.5, 0.6) is 0 Å². The van der Waals surface area contributed by atoms with E-state index >= 15 is 0 Å². The van der Waals surface area contributed by atoms with Gasteiger partial charge in [0.1, 0.15) is 0 Å². The molecule has 0 N–H and O–H groups in total. The van der Waals surface area contributed by atoms with Gasteiger partial charge in [-0.25, -0.2) is 0 Å². The summed E-state index contributed by atoms with van der Waals surface area (Å²) in [5, 5.41) is 0. The topological polar surface area (TPSA) is 0 Å². The van der Waals surface area contributed by atoms with Crippen molar-refractivity contribution in [2.45, 2.75) is 20.3 Å². The monoisotopic (exact) mass is 170 g/mol. The van der Waals surface area contributed by atoms with Crippen molar-refractivity contribution < 1.29 is 0 Å². The van der Waals surface area contributed by atoms with Crippen LogP contribution >= 0.6 is 0 Å². The molecule has 0 amide bonds. The van der Waals surface area contributed by atoms with Crippen LogP contribution in [0.4, 0.5) is 0 Å². The molecule has 0 nitrogen and oxygen atoms in total. The van der Waals surface area contributed by atoms with Gasteiger partial charge < -0.3 is 0 Å². The Morgan fingerprint density at radius 3 is 2.69 bits per heavy atom. The number of aryl methyl sites for hydroxylation is 1. The lowest BCUT2D eigenvalue weighted by Crippen LogP contribution is -1.92. The fraction of sp³-hybridized carbons (Fsp3) is 0.231. The van der Waals surface area contributed by atoms with E-state index in [9.17, 15) is 0 Å². The van der Waals surface area contributed by atoms with E-state index in [2.05, 4.69) is 25.5 Å². The van der Waals surface area contributed by atoms with E-state index in [0.29, 0.717) is 0 Å². The molecule has 0 aliphatic rings. The van der Waals surface area contributed by atoms with Gasteiger partial charge in [0.05, 0.1) is 0 Å². The van der Waals surface area contributed by atoms with Gasteiger partial charge in [0, 0.05) is 5.56 Å². The molecule has 0 heterocycles. The highest BCUT2D eigenvalue weighted by Crippen LogP contribution is 2.20. The zero-order chi connectivity index (χ0) is 9.84. The first-order valence-electron chi connectivity index (χ1n) is 4.45. The fourth-order valence-electron chi connectivity index (χ4n) is 1.42. The molecule has 0 saturated carbocycles. The van der Waals surface area contributed by atoms with E-state index in [1.165, 1.54) is 5.56 Å². The van der Waals surface area contributed by atoms with Gasteiger partial charge in [-0.05, 0) is 30.0 Å². The van der Waals surface area contributed by atoms with Gasteiger partial charge in [0.2, 0.25) is 0 Å². The first-order chi connectivity index (χ1) is 6.20. The summed E-state index contributed by atoms with van der Waals surface area (Å²) in [4.78, 5) is 0. The lowest BCUT2D eigenvalue weighted by Gasteiger charge is -2.07. The number of allylic oxidation sites excluding steroid dienone is 1. The van der Waals surface area contributed by atoms with Crippen LogP contribution in [0.2, 0.25) is 0 Å². The molecule has 0 saturated heterocycles. The van der Waals surface area contributed by atoms with E-state index in [1.807, 2.05) is 19.1 Å². The molecule has 0 aliphatic carbocycles. The normalized spacial score (nSPS) is 9.31. The molecule has 0 aromatic heterocycles. The van der Waals surface area contributed by atoms with E-state index in [0.717, 1.165) is 23.1 Å². The molecule has 1 aromatic rings. The summed E-state index contributed by atoms with van der Waals surface area (Å²) >= 11 is 0. The summed E-state index contributed by atoms with van der Waals surface area (Å²) in [7, 11) is 0. The second-order valence-corrected chi connectivity index (χ2v) is 3.12. The zero-order valence-electron chi connectivity index (χ0n) is 8.22. The van der Waals surface area contributed by atoms with Crippen molar-refractivity contribution in [3.05, 3.63) is 41.5 Å². The highest BCUT2D eigenvalue weighted by atomic mass is 14.1. The van der Waals surface area contributed by atoms with Crippen LogP contribution in [0.3, 0.4) is 0 Å². The third-order valence-corrected chi connectivity index (χ3v) is 2.14. The first-order valence-corrected chi connectivity index (χ1v) is 4.45. The Kier molecular flexibility index (Phi) is 2.93. The van der Waals surface area contributed by atoms with Crippen molar-refractivity contribution in [2.75, 3.05) is 0 Å². The summed E-state index contributed by atoms with van der Waals surface area (Å²) in [5.74, 6) is 2.74. The quantitative estimate of drug-likeness (QED) is 0.598. The molecule has 1 rings (SSSR count). The minimum Gasteiger partial charge on any atom is -0.115 e. The van der Waals surface area contributed by atoms with Crippen LogP contribution in [-0.2, 0) is 6.42 Å². The number of terminal acetylenes is 1. The molecule has 13 heavy (non-hydrogen) atoms. The van der Waals surface area contributed by atoms with Gasteiger partial charge in [-0.3, -0.25) is 0 Å². The van der Waals surface area contributed by atoms with E-state index in [4.69, 9.17) is 6.42 Å². The van der Waals surface area contributed by atoms with Gasteiger partial charge in [-0.15, -0.1) is 6.42 Å². The SMILES string of the molecule is C#Cc1c(CC)cccc1C(=C)C. The fourth-order valence-corrected chi connectivity index (χ4v) is 1.42. The average molecular weight is 170 g/mol. The number of benzene rings is 1. The van der Waals surface area contributed by atoms with Crippen molar-refractivity contribution in [1.29, 1.82) is 0 Å². The van der Waals surface area contributed by atoms with Crippen LogP contribution in [-0.4, -0.2) is 0 Å². The molecule has 0 bridgehead atoms. The number of hydrogen-bond donors (Lipinski definition) is 0. The van der Waals surface area contributed by atoms with Gasteiger partial charge in [-0.2, -0.15) is 0 Å². The summed E-state index contributed by atoms with van der Waals surface area (Å²) in [6, 6.07) is 6.13. The van der Waals surface area contributed by atoms with E-state index < -0.39 is 0 Å².